The fraction of sp³-hybridized carbons (Fsp3) is 0.263. The van der Waals surface area contributed by atoms with E-state index in [4.69, 9.17) is 0 Å². The average Bonchev–Trinajstić information content (AvgIpc) is 3.23. The third-order valence-corrected chi connectivity index (χ3v) is 4.76. The second-order valence-electron chi connectivity index (χ2n) is 6.28. The molecule has 4 rings (SSSR count). The van der Waals surface area contributed by atoms with E-state index in [1.54, 1.807) is 4.68 Å². The first-order chi connectivity index (χ1) is 12.3. The molecular weight excluding hydrogens is 314 g/mol. The number of amides is 1. The van der Waals surface area contributed by atoms with E-state index in [1.807, 2.05) is 35.2 Å². The summed E-state index contributed by atoms with van der Waals surface area (Å²) in [7, 11) is 0. The van der Waals surface area contributed by atoms with Gasteiger partial charge in [0.25, 0.3) is 5.91 Å². The molecule has 126 valence electrons. The molecule has 1 aromatic heterocycles. The summed E-state index contributed by atoms with van der Waals surface area (Å²) in [6.45, 7) is 1.57. The first kappa shape index (κ1) is 15.5. The summed E-state index contributed by atoms with van der Waals surface area (Å²) in [5, 5.41) is 11.1. The Bertz CT molecular complexity index is 839. The number of rotatable bonds is 3. The van der Waals surface area contributed by atoms with E-state index in [0.29, 0.717) is 11.5 Å². The molecule has 1 aliphatic rings. The average molecular weight is 333 g/mol. The molecule has 0 N–H and O–H groups in total. The van der Waals surface area contributed by atoms with E-state index < -0.39 is 0 Å². The maximum atomic E-state index is 12.8. The molecule has 0 radical (unpaired) electrons. The Hall–Kier alpha value is -3.02. The maximum absolute atomic E-state index is 12.8. The van der Waals surface area contributed by atoms with E-state index in [-0.39, 0.29) is 5.91 Å². The van der Waals surface area contributed by atoms with Crippen molar-refractivity contribution in [3.8, 4) is 5.69 Å². The van der Waals surface area contributed by atoms with Gasteiger partial charge in [-0.25, -0.2) is 4.68 Å². The SMILES string of the molecule is O=C(c1cccc(-n2cnnn2)c1)N1CCC(c2ccccc2)CC1. The molecule has 1 aliphatic heterocycles. The maximum Gasteiger partial charge on any atom is 0.253 e. The number of nitrogens with zero attached hydrogens (tertiary/aromatic N) is 5. The summed E-state index contributed by atoms with van der Waals surface area (Å²) in [4.78, 5) is 14.8. The summed E-state index contributed by atoms with van der Waals surface area (Å²) in [5.41, 5.74) is 2.83. The molecule has 2 heterocycles. The van der Waals surface area contributed by atoms with Crippen molar-refractivity contribution in [3.63, 3.8) is 0 Å². The lowest BCUT2D eigenvalue weighted by molar-refractivity contribution is 0.0713. The van der Waals surface area contributed by atoms with Gasteiger partial charge in [-0.05, 0) is 52.9 Å². The minimum atomic E-state index is 0.0708. The smallest absolute Gasteiger partial charge is 0.253 e. The topological polar surface area (TPSA) is 63.9 Å². The number of carbonyl (C=O) groups is 1. The molecule has 3 aromatic rings. The molecule has 2 aromatic carbocycles. The predicted molar refractivity (Wildman–Crippen MR) is 93.5 cm³/mol. The lowest BCUT2D eigenvalue weighted by atomic mass is 9.89. The largest absolute Gasteiger partial charge is 0.339 e. The zero-order chi connectivity index (χ0) is 17.1. The Balaban J connectivity index is 1.45. The van der Waals surface area contributed by atoms with Crippen molar-refractivity contribution in [2.75, 3.05) is 13.1 Å². The van der Waals surface area contributed by atoms with Gasteiger partial charge in [-0.2, -0.15) is 0 Å². The highest BCUT2D eigenvalue weighted by Crippen LogP contribution is 2.28. The minimum absolute atomic E-state index is 0.0708. The standard InChI is InChI=1S/C19H19N5O/c25-19(17-7-4-8-18(13-17)24-14-20-21-22-24)23-11-9-16(10-12-23)15-5-2-1-3-6-15/h1-8,13-14,16H,9-12H2. The van der Waals surface area contributed by atoms with Crippen molar-refractivity contribution in [2.24, 2.45) is 0 Å². The highest BCUT2D eigenvalue weighted by atomic mass is 16.2. The number of hydrogen-bond acceptors (Lipinski definition) is 4. The highest BCUT2D eigenvalue weighted by Gasteiger charge is 2.24. The van der Waals surface area contributed by atoms with Crippen molar-refractivity contribution in [2.45, 2.75) is 18.8 Å². The first-order valence-electron chi connectivity index (χ1n) is 8.49. The molecule has 6 nitrogen and oxygen atoms in total. The van der Waals surface area contributed by atoms with Crippen molar-refractivity contribution >= 4 is 5.91 Å². The molecule has 0 saturated carbocycles. The third kappa shape index (κ3) is 3.28. The van der Waals surface area contributed by atoms with Crippen LogP contribution in [0.25, 0.3) is 5.69 Å². The molecular formula is C19H19N5O. The second-order valence-corrected chi connectivity index (χ2v) is 6.28. The molecule has 0 atom stereocenters. The van der Waals surface area contributed by atoms with Crippen LogP contribution in [-0.2, 0) is 0 Å². The molecule has 1 saturated heterocycles. The van der Waals surface area contributed by atoms with E-state index in [1.165, 1.54) is 11.9 Å². The lowest BCUT2D eigenvalue weighted by Crippen LogP contribution is -2.37. The van der Waals surface area contributed by atoms with E-state index in [0.717, 1.165) is 31.6 Å². The lowest BCUT2D eigenvalue weighted by Gasteiger charge is -2.32. The van der Waals surface area contributed by atoms with Gasteiger partial charge < -0.3 is 4.90 Å². The van der Waals surface area contributed by atoms with E-state index in [2.05, 4.69) is 39.8 Å². The first-order valence-corrected chi connectivity index (χ1v) is 8.49. The molecule has 6 heteroatoms. The molecule has 1 amide bonds. The zero-order valence-corrected chi connectivity index (χ0v) is 13.8. The molecule has 0 bridgehead atoms. The van der Waals surface area contributed by atoms with Crippen LogP contribution >= 0.6 is 0 Å². The Labute approximate surface area is 146 Å². The number of hydrogen-bond donors (Lipinski definition) is 0. The van der Waals surface area contributed by atoms with Crippen LogP contribution in [0.2, 0.25) is 0 Å². The normalized spacial score (nSPS) is 15.3. The van der Waals surface area contributed by atoms with Gasteiger partial charge in [0.1, 0.15) is 6.33 Å². The number of carbonyl (C=O) groups excluding carboxylic acids is 1. The Morgan fingerprint density at radius 2 is 1.80 bits per heavy atom. The van der Waals surface area contributed by atoms with Crippen LogP contribution in [0.5, 0.6) is 0 Å². The zero-order valence-electron chi connectivity index (χ0n) is 13.8. The fourth-order valence-corrected chi connectivity index (χ4v) is 3.38. The van der Waals surface area contributed by atoms with Crippen LogP contribution in [0.4, 0.5) is 0 Å². The van der Waals surface area contributed by atoms with Crippen LogP contribution in [0, 0.1) is 0 Å². The molecule has 25 heavy (non-hydrogen) atoms. The van der Waals surface area contributed by atoms with Crippen molar-refractivity contribution < 1.29 is 4.79 Å². The number of benzene rings is 2. The van der Waals surface area contributed by atoms with E-state index in [9.17, 15) is 4.79 Å². The van der Waals surface area contributed by atoms with Gasteiger partial charge in [0.15, 0.2) is 0 Å². The Morgan fingerprint density at radius 1 is 1.00 bits per heavy atom. The van der Waals surface area contributed by atoms with Crippen LogP contribution in [0.1, 0.15) is 34.7 Å². The van der Waals surface area contributed by atoms with Gasteiger partial charge >= 0.3 is 0 Å². The Kier molecular flexibility index (Phi) is 4.24. The quantitative estimate of drug-likeness (QED) is 0.739. The van der Waals surface area contributed by atoms with Crippen LogP contribution in [0.15, 0.2) is 60.9 Å². The van der Waals surface area contributed by atoms with Gasteiger partial charge in [0.05, 0.1) is 5.69 Å². The summed E-state index contributed by atoms with van der Waals surface area (Å²) >= 11 is 0. The van der Waals surface area contributed by atoms with Crippen molar-refractivity contribution in [3.05, 3.63) is 72.1 Å². The number of likely N-dealkylation sites (tertiary alicyclic amines) is 1. The van der Waals surface area contributed by atoms with Gasteiger partial charge in [0.2, 0.25) is 0 Å². The minimum Gasteiger partial charge on any atom is -0.339 e. The van der Waals surface area contributed by atoms with Crippen molar-refractivity contribution in [1.82, 2.24) is 25.1 Å². The number of piperidine rings is 1. The molecule has 0 aliphatic carbocycles. The number of aromatic nitrogens is 4. The fourth-order valence-electron chi connectivity index (χ4n) is 3.38. The summed E-state index contributed by atoms with van der Waals surface area (Å²) in [6.07, 6.45) is 3.53. The third-order valence-electron chi connectivity index (χ3n) is 4.76. The molecule has 0 unspecified atom stereocenters. The van der Waals surface area contributed by atoms with Gasteiger partial charge in [0, 0.05) is 18.7 Å². The highest BCUT2D eigenvalue weighted by molar-refractivity contribution is 5.94. The van der Waals surface area contributed by atoms with Crippen LogP contribution < -0.4 is 0 Å². The summed E-state index contributed by atoms with van der Waals surface area (Å²) in [5.74, 6) is 0.610. The van der Waals surface area contributed by atoms with Crippen LogP contribution in [0.3, 0.4) is 0 Å². The summed E-state index contributed by atoms with van der Waals surface area (Å²) < 4.78 is 1.55. The number of tetrazole rings is 1. The Morgan fingerprint density at radius 3 is 2.52 bits per heavy atom. The monoisotopic (exact) mass is 333 g/mol. The van der Waals surface area contributed by atoms with Gasteiger partial charge in [-0.3, -0.25) is 4.79 Å². The predicted octanol–water partition coefficient (Wildman–Crippen LogP) is 2.68. The van der Waals surface area contributed by atoms with Gasteiger partial charge in [-0.1, -0.05) is 36.4 Å². The van der Waals surface area contributed by atoms with E-state index >= 15 is 0 Å². The summed E-state index contributed by atoms with van der Waals surface area (Å²) in [6, 6.07) is 18.0. The second kappa shape index (κ2) is 6.84. The molecule has 1 fully saturated rings. The van der Waals surface area contributed by atoms with Gasteiger partial charge in [-0.15, -0.1) is 5.10 Å². The van der Waals surface area contributed by atoms with Crippen LogP contribution in [-0.4, -0.2) is 44.1 Å². The van der Waals surface area contributed by atoms with Crippen molar-refractivity contribution in [1.29, 1.82) is 0 Å². The molecule has 0 spiro atoms.